The fourth-order valence-corrected chi connectivity index (χ4v) is 4.57. The van der Waals surface area contributed by atoms with Gasteiger partial charge in [0, 0.05) is 6.04 Å². The molecule has 0 aliphatic rings. The van der Waals surface area contributed by atoms with Gasteiger partial charge in [0.15, 0.2) is 0 Å². The van der Waals surface area contributed by atoms with Gasteiger partial charge >= 0.3 is 0 Å². The predicted octanol–water partition coefficient (Wildman–Crippen LogP) is 5.64. The van der Waals surface area contributed by atoms with E-state index in [1.807, 2.05) is 24.3 Å². The average Bonchev–Trinajstić information content (AvgIpc) is 2.51. The smallest absolute Gasteiger partial charge is 0.207 e. The van der Waals surface area contributed by atoms with Crippen molar-refractivity contribution in [2.24, 2.45) is 0 Å². The molecule has 0 heterocycles. The van der Waals surface area contributed by atoms with E-state index in [1.165, 1.54) is 17.7 Å². The molecule has 2 aromatic carbocycles. The molecule has 2 rings (SSSR count). The van der Waals surface area contributed by atoms with Crippen LogP contribution in [0, 0.1) is 0 Å². The zero-order valence-electron chi connectivity index (χ0n) is 13.3. The van der Waals surface area contributed by atoms with Gasteiger partial charge in [-0.05, 0) is 36.6 Å². The van der Waals surface area contributed by atoms with Crippen molar-refractivity contribution in [2.45, 2.75) is 37.6 Å². The van der Waals surface area contributed by atoms with E-state index in [9.17, 15) is 8.42 Å². The Morgan fingerprint density at radius 2 is 1.58 bits per heavy atom. The lowest BCUT2D eigenvalue weighted by atomic mass is 10.0. The summed E-state index contributed by atoms with van der Waals surface area (Å²) in [7, 11) is -3.82. The second-order valence-electron chi connectivity index (χ2n) is 5.53. The van der Waals surface area contributed by atoms with Gasteiger partial charge in [-0.3, -0.25) is 0 Å². The van der Waals surface area contributed by atoms with E-state index in [-0.39, 0.29) is 20.0 Å². The molecular formula is C17H18Cl3NO2S. The summed E-state index contributed by atoms with van der Waals surface area (Å²) in [5, 5.41) is 0.376. The summed E-state index contributed by atoms with van der Waals surface area (Å²) in [5.74, 6) is 0. The first-order chi connectivity index (χ1) is 11.2. The molecular weight excluding hydrogens is 389 g/mol. The molecule has 0 radical (unpaired) electrons. The minimum absolute atomic E-state index is 0.0300. The minimum atomic E-state index is -3.82. The fourth-order valence-electron chi connectivity index (χ4n) is 2.34. The van der Waals surface area contributed by atoms with Crippen LogP contribution < -0.4 is 4.72 Å². The number of benzene rings is 2. The van der Waals surface area contributed by atoms with E-state index in [2.05, 4.69) is 11.6 Å². The summed E-state index contributed by atoms with van der Waals surface area (Å²) >= 11 is 17.8. The van der Waals surface area contributed by atoms with E-state index in [4.69, 9.17) is 34.8 Å². The standard InChI is InChI=1S/C17H18Cl3NO2S/c1-3-4-12-5-7-13(8-6-12)11(2)21-24(22,23)17-10-15(19)14(18)9-16(17)20/h5-11,21H,3-4H2,1-2H3. The highest BCUT2D eigenvalue weighted by molar-refractivity contribution is 7.89. The van der Waals surface area contributed by atoms with Crippen molar-refractivity contribution in [3.05, 3.63) is 62.6 Å². The van der Waals surface area contributed by atoms with Crippen LogP contribution >= 0.6 is 34.8 Å². The SMILES string of the molecule is CCCc1ccc(C(C)NS(=O)(=O)c2cc(Cl)c(Cl)cc2Cl)cc1. The van der Waals surface area contributed by atoms with Gasteiger partial charge in [-0.2, -0.15) is 0 Å². The third-order valence-corrected chi connectivity index (χ3v) is 6.34. The molecule has 0 fully saturated rings. The Kier molecular flexibility index (Phi) is 6.57. The average molecular weight is 407 g/mol. The molecule has 24 heavy (non-hydrogen) atoms. The van der Waals surface area contributed by atoms with Gasteiger partial charge in [0.1, 0.15) is 4.90 Å². The summed E-state index contributed by atoms with van der Waals surface area (Å²) in [4.78, 5) is -0.0898. The Labute approximate surface area is 158 Å². The summed E-state index contributed by atoms with van der Waals surface area (Å²) in [5.41, 5.74) is 2.10. The molecule has 0 saturated carbocycles. The third-order valence-electron chi connectivity index (χ3n) is 3.61. The molecule has 130 valence electrons. The van der Waals surface area contributed by atoms with Gasteiger partial charge in [-0.15, -0.1) is 0 Å². The Balaban J connectivity index is 2.23. The zero-order chi connectivity index (χ0) is 17.9. The topological polar surface area (TPSA) is 46.2 Å². The summed E-state index contributed by atoms with van der Waals surface area (Å²) in [6, 6.07) is 10.0. The van der Waals surface area contributed by atoms with Crippen LogP contribution in [0.4, 0.5) is 0 Å². The van der Waals surface area contributed by atoms with Gasteiger partial charge in [0.25, 0.3) is 0 Å². The van der Waals surface area contributed by atoms with Gasteiger partial charge in [-0.1, -0.05) is 72.4 Å². The van der Waals surface area contributed by atoms with Gasteiger partial charge in [0.05, 0.1) is 15.1 Å². The molecule has 3 nitrogen and oxygen atoms in total. The number of hydrogen-bond acceptors (Lipinski definition) is 2. The van der Waals surface area contributed by atoms with Crippen LogP contribution in [-0.4, -0.2) is 8.42 Å². The molecule has 0 aliphatic heterocycles. The lowest BCUT2D eigenvalue weighted by Gasteiger charge is -2.16. The van der Waals surface area contributed by atoms with E-state index < -0.39 is 16.1 Å². The van der Waals surface area contributed by atoms with Crippen LogP contribution in [-0.2, 0) is 16.4 Å². The van der Waals surface area contributed by atoms with Gasteiger partial charge < -0.3 is 0 Å². The van der Waals surface area contributed by atoms with Crippen LogP contribution in [0.1, 0.15) is 37.4 Å². The molecule has 1 atom stereocenters. The Hall–Kier alpha value is -0.780. The van der Waals surface area contributed by atoms with Crippen molar-refractivity contribution in [2.75, 3.05) is 0 Å². The first-order valence-electron chi connectivity index (χ1n) is 7.50. The van der Waals surface area contributed by atoms with Crippen molar-refractivity contribution < 1.29 is 8.42 Å². The van der Waals surface area contributed by atoms with E-state index in [0.717, 1.165) is 18.4 Å². The second-order valence-corrected chi connectivity index (χ2v) is 8.44. The molecule has 0 bridgehead atoms. The molecule has 7 heteroatoms. The molecule has 1 N–H and O–H groups in total. The minimum Gasteiger partial charge on any atom is -0.207 e. The van der Waals surface area contributed by atoms with Crippen LogP contribution in [0.15, 0.2) is 41.3 Å². The molecule has 2 aromatic rings. The maximum absolute atomic E-state index is 12.6. The molecule has 0 spiro atoms. The highest BCUT2D eigenvalue weighted by Crippen LogP contribution is 2.32. The first kappa shape index (κ1) is 19.5. The Bertz CT molecular complexity index is 820. The van der Waals surface area contributed by atoms with E-state index in [0.29, 0.717) is 0 Å². The molecule has 1 unspecified atom stereocenters. The number of nitrogens with one attached hydrogen (secondary N) is 1. The van der Waals surface area contributed by atoms with E-state index >= 15 is 0 Å². The van der Waals surface area contributed by atoms with Crippen LogP contribution in [0.3, 0.4) is 0 Å². The van der Waals surface area contributed by atoms with Crippen LogP contribution in [0.5, 0.6) is 0 Å². The highest BCUT2D eigenvalue weighted by Gasteiger charge is 2.22. The zero-order valence-corrected chi connectivity index (χ0v) is 16.4. The maximum atomic E-state index is 12.6. The Morgan fingerprint density at radius 1 is 1.00 bits per heavy atom. The lowest BCUT2D eigenvalue weighted by molar-refractivity contribution is 0.567. The number of sulfonamides is 1. The van der Waals surface area contributed by atoms with Crippen molar-refractivity contribution in [3.8, 4) is 0 Å². The van der Waals surface area contributed by atoms with Crippen LogP contribution in [0.25, 0.3) is 0 Å². The Morgan fingerprint density at radius 3 is 2.17 bits per heavy atom. The number of hydrogen-bond donors (Lipinski definition) is 1. The van der Waals surface area contributed by atoms with Gasteiger partial charge in [-0.25, -0.2) is 13.1 Å². The van der Waals surface area contributed by atoms with Crippen molar-refractivity contribution in [1.29, 1.82) is 0 Å². The molecule has 0 amide bonds. The highest BCUT2D eigenvalue weighted by atomic mass is 35.5. The molecule has 0 aliphatic carbocycles. The summed E-state index contributed by atoms with van der Waals surface area (Å²) in [6.45, 7) is 3.89. The quantitative estimate of drug-likeness (QED) is 0.631. The molecule has 0 aromatic heterocycles. The normalized spacial score (nSPS) is 13.0. The monoisotopic (exact) mass is 405 g/mol. The number of aryl methyl sites for hydroxylation is 1. The number of halogens is 3. The van der Waals surface area contributed by atoms with Crippen molar-refractivity contribution >= 4 is 44.8 Å². The second kappa shape index (κ2) is 8.07. The largest absolute Gasteiger partial charge is 0.242 e. The van der Waals surface area contributed by atoms with Gasteiger partial charge in [0.2, 0.25) is 10.0 Å². The number of rotatable bonds is 6. The van der Waals surface area contributed by atoms with Crippen LogP contribution in [0.2, 0.25) is 15.1 Å². The summed E-state index contributed by atoms with van der Waals surface area (Å²) < 4.78 is 27.8. The first-order valence-corrected chi connectivity index (χ1v) is 10.1. The van der Waals surface area contributed by atoms with E-state index in [1.54, 1.807) is 6.92 Å². The fraction of sp³-hybridized carbons (Fsp3) is 0.294. The lowest BCUT2D eigenvalue weighted by Crippen LogP contribution is -2.27. The predicted molar refractivity (Wildman–Crippen MR) is 101 cm³/mol. The van der Waals surface area contributed by atoms with Crippen molar-refractivity contribution in [1.82, 2.24) is 4.72 Å². The maximum Gasteiger partial charge on any atom is 0.242 e. The summed E-state index contributed by atoms with van der Waals surface area (Å²) in [6.07, 6.45) is 2.07. The molecule has 0 saturated heterocycles. The van der Waals surface area contributed by atoms with Crippen molar-refractivity contribution in [3.63, 3.8) is 0 Å². The third kappa shape index (κ3) is 4.64.